The molecule has 0 saturated carbocycles. The number of amides is 1. The summed E-state index contributed by atoms with van der Waals surface area (Å²) in [6, 6.07) is 11.5. The predicted molar refractivity (Wildman–Crippen MR) is 95.7 cm³/mol. The summed E-state index contributed by atoms with van der Waals surface area (Å²) in [6.45, 7) is 3.71. The molecule has 0 spiro atoms. The fourth-order valence-corrected chi connectivity index (χ4v) is 3.12. The Bertz CT molecular complexity index is 828. The maximum atomic E-state index is 12.5. The summed E-state index contributed by atoms with van der Waals surface area (Å²) in [6.07, 6.45) is 0.560. The lowest BCUT2D eigenvalue weighted by atomic mass is 10.2. The fourth-order valence-electron chi connectivity index (χ4n) is 2.08. The lowest BCUT2D eigenvalue weighted by Gasteiger charge is -2.15. The number of hydrogen-bond acceptors (Lipinski definition) is 5. The maximum Gasteiger partial charge on any atom is 0.335 e. The van der Waals surface area contributed by atoms with Crippen LogP contribution in [0, 0.1) is 18.3 Å². The van der Waals surface area contributed by atoms with Crippen LogP contribution in [0.3, 0.4) is 0 Å². The number of nitrogens with one attached hydrogen (secondary N) is 1. The molecule has 1 aromatic carbocycles. The normalized spacial score (nSPS) is 11.4. The zero-order valence-corrected chi connectivity index (χ0v) is 14.6. The van der Waals surface area contributed by atoms with Gasteiger partial charge in [-0.05, 0) is 49.7 Å². The van der Waals surface area contributed by atoms with Gasteiger partial charge in [-0.2, -0.15) is 5.26 Å². The third kappa shape index (κ3) is 4.81. The van der Waals surface area contributed by atoms with Gasteiger partial charge in [-0.3, -0.25) is 4.79 Å². The van der Waals surface area contributed by atoms with Crippen molar-refractivity contribution < 1.29 is 14.7 Å². The quantitative estimate of drug-likeness (QED) is 0.769. The van der Waals surface area contributed by atoms with Gasteiger partial charge in [0.15, 0.2) is 0 Å². The Morgan fingerprint density at radius 2 is 1.96 bits per heavy atom. The van der Waals surface area contributed by atoms with Gasteiger partial charge in [-0.25, -0.2) is 9.78 Å². The van der Waals surface area contributed by atoms with Crippen LogP contribution in [0.1, 0.15) is 35.0 Å². The average molecular weight is 355 g/mol. The third-order valence-electron chi connectivity index (χ3n) is 3.44. The molecule has 1 heterocycles. The van der Waals surface area contributed by atoms with Crippen LogP contribution >= 0.6 is 11.8 Å². The number of aromatic carboxylic acids is 1. The van der Waals surface area contributed by atoms with Crippen molar-refractivity contribution in [3.63, 3.8) is 0 Å². The molecule has 2 N–H and O–H groups in total. The summed E-state index contributed by atoms with van der Waals surface area (Å²) in [4.78, 5) is 27.7. The van der Waals surface area contributed by atoms with Crippen LogP contribution in [0.4, 0.5) is 5.69 Å². The van der Waals surface area contributed by atoms with Gasteiger partial charge >= 0.3 is 5.97 Å². The van der Waals surface area contributed by atoms with Crippen LogP contribution < -0.4 is 5.32 Å². The minimum atomic E-state index is -1.02. The summed E-state index contributed by atoms with van der Waals surface area (Å²) in [5, 5.41) is 21.0. The number of carboxylic acids is 1. The average Bonchev–Trinajstić information content (AvgIpc) is 2.60. The third-order valence-corrected chi connectivity index (χ3v) is 4.80. The minimum absolute atomic E-state index is 0.155. The van der Waals surface area contributed by atoms with Crippen LogP contribution in [0.15, 0.2) is 41.4 Å². The Morgan fingerprint density at radius 3 is 2.52 bits per heavy atom. The summed E-state index contributed by atoms with van der Waals surface area (Å²) >= 11 is 1.25. The first-order chi connectivity index (χ1) is 11.9. The van der Waals surface area contributed by atoms with Crippen LogP contribution in [-0.2, 0) is 4.79 Å². The van der Waals surface area contributed by atoms with E-state index < -0.39 is 11.2 Å². The van der Waals surface area contributed by atoms with Gasteiger partial charge < -0.3 is 10.4 Å². The molecule has 1 aromatic heterocycles. The van der Waals surface area contributed by atoms with E-state index in [0.717, 1.165) is 5.69 Å². The zero-order valence-electron chi connectivity index (χ0n) is 13.8. The highest BCUT2D eigenvalue weighted by molar-refractivity contribution is 8.00. The molecule has 1 amide bonds. The number of anilines is 1. The number of aromatic nitrogens is 1. The van der Waals surface area contributed by atoms with E-state index in [1.54, 1.807) is 24.3 Å². The SMILES string of the molecule is CCC(Sc1nc(C)ccc1C#N)C(=O)Nc1ccc(C(=O)O)cc1. The van der Waals surface area contributed by atoms with Crippen molar-refractivity contribution >= 4 is 29.3 Å². The van der Waals surface area contributed by atoms with Crippen molar-refractivity contribution in [2.75, 3.05) is 5.32 Å². The van der Waals surface area contributed by atoms with Gasteiger partial charge in [0.25, 0.3) is 0 Å². The highest BCUT2D eigenvalue weighted by atomic mass is 32.2. The Labute approximate surface area is 149 Å². The Kier molecular flexibility index (Phi) is 6.14. The first kappa shape index (κ1) is 18.5. The molecule has 0 saturated heterocycles. The van der Waals surface area contributed by atoms with Crippen molar-refractivity contribution in [2.24, 2.45) is 0 Å². The molecule has 2 aromatic rings. The number of rotatable bonds is 6. The van der Waals surface area contributed by atoms with Crippen molar-refractivity contribution in [1.82, 2.24) is 4.98 Å². The van der Waals surface area contributed by atoms with Gasteiger partial charge in [-0.15, -0.1) is 0 Å². The molecule has 1 atom stereocenters. The highest BCUT2D eigenvalue weighted by Crippen LogP contribution is 2.28. The van der Waals surface area contributed by atoms with Crippen LogP contribution in [0.2, 0.25) is 0 Å². The number of carbonyl (C=O) groups excluding carboxylic acids is 1. The fraction of sp³-hybridized carbons (Fsp3) is 0.222. The molecule has 2 rings (SSSR count). The van der Waals surface area contributed by atoms with Crippen LogP contribution in [-0.4, -0.2) is 27.2 Å². The molecule has 0 aliphatic heterocycles. The molecule has 1 unspecified atom stereocenters. The van der Waals surface area contributed by atoms with E-state index in [0.29, 0.717) is 22.7 Å². The van der Waals surface area contributed by atoms with Gasteiger partial charge in [0.05, 0.1) is 16.4 Å². The Hall–Kier alpha value is -2.85. The molecule has 6 nitrogen and oxygen atoms in total. The molecule has 0 fully saturated rings. The van der Waals surface area contributed by atoms with Gasteiger partial charge in [-0.1, -0.05) is 18.7 Å². The number of nitrogens with zero attached hydrogens (tertiary/aromatic N) is 2. The lowest BCUT2D eigenvalue weighted by Crippen LogP contribution is -2.24. The number of carbonyl (C=O) groups is 2. The maximum absolute atomic E-state index is 12.5. The van der Waals surface area contributed by atoms with E-state index in [-0.39, 0.29) is 11.5 Å². The number of nitriles is 1. The van der Waals surface area contributed by atoms with E-state index in [1.165, 1.54) is 23.9 Å². The highest BCUT2D eigenvalue weighted by Gasteiger charge is 2.20. The predicted octanol–water partition coefficient (Wildman–Crippen LogP) is 3.47. The van der Waals surface area contributed by atoms with E-state index in [4.69, 9.17) is 5.11 Å². The zero-order chi connectivity index (χ0) is 18.4. The number of hydrogen-bond donors (Lipinski definition) is 2. The Balaban J connectivity index is 2.12. The van der Waals surface area contributed by atoms with Crippen LogP contribution in [0.5, 0.6) is 0 Å². The van der Waals surface area contributed by atoms with E-state index >= 15 is 0 Å². The smallest absolute Gasteiger partial charge is 0.335 e. The van der Waals surface area contributed by atoms with Gasteiger partial charge in [0.1, 0.15) is 11.1 Å². The van der Waals surface area contributed by atoms with E-state index in [2.05, 4.69) is 16.4 Å². The van der Waals surface area contributed by atoms with E-state index in [9.17, 15) is 14.9 Å². The number of thioether (sulfide) groups is 1. The van der Waals surface area contributed by atoms with Crippen molar-refractivity contribution in [3.05, 3.63) is 53.2 Å². The first-order valence-electron chi connectivity index (χ1n) is 7.63. The van der Waals surface area contributed by atoms with Gasteiger partial charge in [0.2, 0.25) is 5.91 Å². The summed E-state index contributed by atoms with van der Waals surface area (Å²) in [7, 11) is 0. The number of benzene rings is 1. The number of pyridine rings is 1. The summed E-state index contributed by atoms with van der Waals surface area (Å²) in [5.74, 6) is -1.24. The first-order valence-corrected chi connectivity index (χ1v) is 8.51. The molecule has 0 bridgehead atoms. The summed E-state index contributed by atoms with van der Waals surface area (Å²) < 4.78 is 0. The molecule has 128 valence electrons. The van der Waals surface area contributed by atoms with E-state index in [1.807, 2.05) is 13.8 Å². The van der Waals surface area contributed by atoms with Crippen molar-refractivity contribution in [3.8, 4) is 6.07 Å². The molecule has 0 aliphatic carbocycles. The Morgan fingerprint density at radius 1 is 1.28 bits per heavy atom. The largest absolute Gasteiger partial charge is 0.478 e. The standard InChI is InChI=1S/C18H17N3O3S/c1-3-15(25-17-13(10-19)5-4-11(2)20-17)16(22)21-14-8-6-12(7-9-14)18(23)24/h4-9,15H,3H2,1-2H3,(H,21,22)(H,23,24). The molecule has 7 heteroatoms. The molecule has 0 aliphatic rings. The summed E-state index contributed by atoms with van der Waals surface area (Å²) in [5.41, 5.74) is 1.89. The monoisotopic (exact) mass is 355 g/mol. The van der Waals surface area contributed by atoms with Crippen molar-refractivity contribution in [1.29, 1.82) is 5.26 Å². The molecular formula is C18H17N3O3S. The molecule has 25 heavy (non-hydrogen) atoms. The van der Waals surface area contributed by atoms with Crippen molar-refractivity contribution in [2.45, 2.75) is 30.5 Å². The number of carboxylic acid groups (broad SMARTS) is 1. The van der Waals surface area contributed by atoms with Gasteiger partial charge in [0, 0.05) is 11.4 Å². The van der Waals surface area contributed by atoms with Crippen LogP contribution in [0.25, 0.3) is 0 Å². The minimum Gasteiger partial charge on any atom is -0.478 e. The molecular weight excluding hydrogens is 338 g/mol. The molecule has 0 radical (unpaired) electrons. The number of aryl methyl sites for hydroxylation is 1. The second-order valence-electron chi connectivity index (χ2n) is 5.30. The topological polar surface area (TPSA) is 103 Å². The second-order valence-corrected chi connectivity index (χ2v) is 6.50. The second kappa shape index (κ2) is 8.31. The lowest BCUT2D eigenvalue weighted by molar-refractivity contribution is -0.115.